The Morgan fingerprint density at radius 1 is 1.29 bits per heavy atom. The van der Waals surface area contributed by atoms with E-state index in [0.717, 1.165) is 11.3 Å². The van der Waals surface area contributed by atoms with Gasteiger partial charge in [-0.2, -0.15) is 0 Å². The first-order chi connectivity index (χ1) is 8.08. The van der Waals surface area contributed by atoms with Crippen LogP contribution in [0, 0.1) is 6.92 Å². The van der Waals surface area contributed by atoms with Crippen molar-refractivity contribution < 1.29 is 9.47 Å². The summed E-state index contributed by atoms with van der Waals surface area (Å²) in [6.45, 7) is 6.81. The number of likely N-dealkylation sites (N-methyl/N-ethyl adjacent to an activating group) is 1. The Morgan fingerprint density at radius 3 is 2.53 bits per heavy atom. The van der Waals surface area contributed by atoms with E-state index >= 15 is 0 Å². The summed E-state index contributed by atoms with van der Waals surface area (Å²) < 4.78 is 11.1. The predicted molar refractivity (Wildman–Crippen MR) is 70.6 cm³/mol. The normalized spacial score (nSPS) is 12.8. The summed E-state index contributed by atoms with van der Waals surface area (Å²) in [6, 6.07) is 6.36. The average Bonchev–Trinajstić information content (AvgIpc) is 2.30. The molecule has 0 saturated carbocycles. The Balaban J connectivity index is 2.89. The number of methoxy groups -OCH3 is 1. The number of hydrogen-bond donors (Lipinski definition) is 1. The minimum atomic E-state index is 0.159. The smallest absolute Gasteiger partial charge is 0.123 e. The Morgan fingerprint density at radius 2 is 2.00 bits per heavy atom. The van der Waals surface area contributed by atoms with E-state index < -0.39 is 0 Å². The van der Waals surface area contributed by atoms with Crippen LogP contribution < -0.4 is 10.1 Å². The van der Waals surface area contributed by atoms with Crippen LogP contribution in [0.1, 0.15) is 31.0 Å². The molecule has 0 saturated heterocycles. The van der Waals surface area contributed by atoms with Gasteiger partial charge in [-0.25, -0.2) is 0 Å². The van der Waals surface area contributed by atoms with Crippen LogP contribution in [0.5, 0.6) is 5.75 Å². The van der Waals surface area contributed by atoms with Crippen LogP contribution in [0.3, 0.4) is 0 Å². The molecule has 0 radical (unpaired) electrons. The van der Waals surface area contributed by atoms with Crippen LogP contribution in [-0.2, 0) is 4.74 Å². The van der Waals surface area contributed by atoms with Gasteiger partial charge in [-0.15, -0.1) is 0 Å². The fourth-order valence-electron chi connectivity index (χ4n) is 1.74. The molecule has 1 rings (SSSR count). The minimum Gasteiger partial charge on any atom is -0.496 e. The number of ether oxygens (including phenoxy) is 2. The van der Waals surface area contributed by atoms with Crippen molar-refractivity contribution in [1.29, 1.82) is 0 Å². The molecule has 17 heavy (non-hydrogen) atoms. The summed E-state index contributed by atoms with van der Waals surface area (Å²) in [6.07, 6.45) is 0.238. The Kier molecular flexibility index (Phi) is 5.45. The fraction of sp³-hybridized carbons (Fsp3) is 0.571. The van der Waals surface area contributed by atoms with Gasteiger partial charge in [-0.3, -0.25) is 0 Å². The standard InChI is InChI=1S/C14H23NO2/c1-10(2)17-9-13(15-4)12-8-11(3)6-7-14(12)16-5/h6-8,10,13,15H,9H2,1-5H3. The molecule has 0 fully saturated rings. The predicted octanol–water partition coefficient (Wildman–Crippen LogP) is 2.69. The van der Waals surface area contributed by atoms with Crippen molar-refractivity contribution in [2.24, 2.45) is 0 Å². The molecule has 1 N–H and O–H groups in total. The highest BCUT2D eigenvalue weighted by atomic mass is 16.5. The van der Waals surface area contributed by atoms with Gasteiger partial charge < -0.3 is 14.8 Å². The molecule has 3 nitrogen and oxygen atoms in total. The second kappa shape index (κ2) is 6.62. The summed E-state index contributed by atoms with van der Waals surface area (Å²) >= 11 is 0. The lowest BCUT2D eigenvalue weighted by Crippen LogP contribution is -2.24. The first-order valence-corrected chi connectivity index (χ1v) is 6.02. The van der Waals surface area contributed by atoms with Crippen molar-refractivity contribution >= 4 is 0 Å². The van der Waals surface area contributed by atoms with Gasteiger partial charge in [0.25, 0.3) is 0 Å². The van der Waals surface area contributed by atoms with Gasteiger partial charge in [0.1, 0.15) is 5.75 Å². The van der Waals surface area contributed by atoms with Crippen molar-refractivity contribution in [2.75, 3.05) is 20.8 Å². The molecule has 0 aromatic heterocycles. The lowest BCUT2D eigenvalue weighted by molar-refractivity contribution is 0.0621. The van der Waals surface area contributed by atoms with Gasteiger partial charge in [0.15, 0.2) is 0 Å². The molecule has 0 aliphatic heterocycles. The highest BCUT2D eigenvalue weighted by Gasteiger charge is 2.15. The van der Waals surface area contributed by atoms with Gasteiger partial charge >= 0.3 is 0 Å². The fourth-order valence-corrected chi connectivity index (χ4v) is 1.74. The van der Waals surface area contributed by atoms with E-state index in [0.29, 0.717) is 6.61 Å². The maximum Gasteiger partial charge on any atom is 0.123 e. The molecule has 0 amide bonds. The second-order valence-corrected chi connectivity index (χ2v) is 4.47. The van der Waals surface area contributed by atoms with Crippen molar-refractivity contribution in [2.45, 2.75) is 32.9 Å². The van der Waals surface area contributed by atoms with E-state index in [9.17, 15) is 0 Å². The molecule has 1 aromatic rings. The van der Waals surface area contributed by atoms with Crippen LogP contribution in [0.4, 0.5) is 0 Å². The third-order valence-electron chi connectivity index (χ3n) is 2.71. The lowest BCUT2D eigenvalue weighted by atomic mass is 10.0. The summed E-state index contributed by atoms with van der Waals surface area (Å²) in [7, 11) is 3.64. The topological polar surface area (TPSA) is 30.5 Å². The largest absolute Gasteiger partial charge is 0.496 e. The summed E-state index contributed by atoms with van der Waals surface area (Å²) in [4.78, 5) is 0. The van der Waals surface area contributed by atoms with E-state index in [1.54, 1.807) is 7.11 Å². The SMILES string of the molecule is CNC(COC(C)C)c1cc(C)ccc1OC. The van der Waals surface area contributed by atoms with E-state index in [2.05, 4.69) is 24.4 Å². The highest BCUT2D eigenvalue weighted by Crippen LogP contribution is 2.26. The number of hydrogen-bond acceptors (Lipinski definition) is 3. The molecule has 0 heterocycles. The van der Waals surface area contributed by atoms with Crippen LogP contribution in [0.15, 0.2) is 18.2 Å². The molecule has 3 heteroatoms. The van der Waals surface area contributed by atoms with Gasteiger partial charge in [0.05, 0.1) is 25.9 Å². The molecular formula is C14H23NO2. The summed E-state index contributed by atoms with van der Waals surface area (Å²) in [5.74, 6) is 0.905. The van der Waals surface area contributed by atoms with Crippen molar-refractivity contribution in [1.82, 2.24) is 5.32 Å². The molecule has 0 bridgehead atoms. The summed E-state index contributed by atoms with van der Waals surface area (Å²) in [5.41, 5.74) is 2.38. The average molecular weight is 237 g/mol. The van der Waals surface area contributed by atoms with Gasteiger partial charge in [0.2, 0.25) is 0 Å². The monoisotopic (exact) mass is 237 g/mol. The maximum absolute atomic E-state index is 5.67. The zero-order valence-electron chi connectivity index (χ0n) is 11.4. The van der Waals surface area contributed by atoms with Crippen molar-refractivity contribution in [3.05, 3.63) is 29.3 Å². The third kappa shape index (κ3) is 4.02. The third-order valence-corrected chi connectivity index (χ3v) is 2.71. The van der Waals surface area contributed by atoms with E-state index in [1.807, 2.05) is 27.0 Å². The molecule has 96 valence electrons. The highest BCUT2D eigenvalue weighted by molar-refractivity contribution is 5.39. The molecular weight excluding hydrogens is 214 g/mol. The zero-order chi connectivity index (χ0) is 12.8. The van der Waals surface area contributed by atoms with Crippen LogP contribution in [0.25, 0.3) is 0 Å². The minimum absolute atomic E-state index is 0.159. The van der Waals surface area contributed by atoms with E-state index in [-0.39, 0.29) is 12.1 Å². The first-order valence-electron chi connectivity index (χ1n) is 6.02. The van der Waals surface area contributed by atoms with Crippen molar-refractivity contribution in [3.63, 3.8) is 0 Å². The number of benzene rings is 1. The molecule has 0 spiro atoms. The molecule has 1 aromatic carbocycles. The summed E-state index contributed by atoms with van der Waals surface area (Å²) in [5, 5.41) is 3.27. The molecule has 1 unspecified atom stereocenters. The first kappa shape index (κ1) is 14.0. The number of rotatable bonds is 6. The lowest BCUT2D eigenvalue weighted by Gasteiger charge is -2.21. The van der Waals surface area contributed by atoms with E-state index in [4.69, 9.17) is 9.47 Å². The molecule has 1 atom stereocenters. The van der Waals surface area contributed by atoms with Crippen LogP contribution >= 0.6 is 0 Å². The molecule has 0 aliphatic rings. The second-order valence-electron chi connectivity index (χ2n) is 4.47. The van der Waals surface area contributed by atoms with Crippen molar-refractivity contribution in [3.8, 4) is 5.75 Å². The van der Waals surface area contributed by atoms with Gasteiger partial charge in [0, 0.05) is 5.56 Å². The Hall–Kier alpha value is -1.06. The number of nitrogens with one attached hydrogen (secondary N) is 1. The molecule has 0 aliphatic carbocycles. The quantitative estimate of drug-likeness (QED) is 0.825. The number of aryl methyl sites for hydroxylation is 1. The Bertz CT molecular complexity index is 350. The van der Waals surface area contributed by atoms with Gasteiger partial charge in [-0.1, -0.05) is 17.7 Å². The van der Waals surface area contributed by atoms with Gasteiger partial charge in [-0.05, 0) is 33.9 Å². The maximum atomic E-state index is 5.67. The van der Waals surface area contributed by atoms with Crippen LogP contribution in [-0.4, -0.2) is 26.9 Å². The van der Waals surface area contributed by atoms with Crippen LogP contribution in [0.2, 0.25) is 0 Å². The van der Waals surface area contributed by atoms with E-state index in [1.165, 1.54) is 5.56 Å². The Labute approximate surface area is 104 Å². The zero-order valence-corrected chi connectivity index (χ0v) is 11.4.